The summed E-state index contributed by atoms with van der Waals surface area (Å²) in [6.45, 7) is 0.363. The van der Waals surface area contributed by atoms with Crippen LogP contribution in [0.15, 0.2) is 12.1 Å². The standard InChI is InChI=1S/C18H19FN4O4/c19-11-6-9-10(7-12(11)21-8-18(20)4-1-5-18)17(27)23(16(9)26)13-2-3-14(24)22-15(13)25/h6-7,13,21H,1-5,8,20H2,(H,22,24,25). The van der Waals surface area contributed by atoms with Gasteiger partial charge in [0.2, 0.25) is 11.8 Å². The Labute approximate surface area is 154 Å². The summed E-state index contributed by atoms with van der Waals surface area (Å²) in [6, 6.07) is 1.23. The molecule has 1 atom stereocenters. The number of hydrogen-bond donors (Lipinski definition) is 3. The quantitative estimate of drug-likeness (QED) is 0.661. The van der Waals surface area contributed by atoms with Crippen molar-refractivity contribution in [2.45, 2.75) is 43.7 Å². The molecule has 4 rings (SSSR count). The molecule has 1 saturated heterocycles. The van der Waals surface area contributed by atoms with Gasteiger partial charge in [-0.3, -0.25) is 29.4 Å². The molecule has 2 aliphatic heterocycles. The lowest BCUT2D eigenvalue weighted by atomic mass is 9.78. The van der Waals surface area contributed by atoms with E-state index in [1.54, 1.807) is 0 Å². The number of nitrogens with one attached hydrogen (secondary N) is 2. The Bertz CT molecular complexity index is 880. The number of hydrogen-bond acceptors (Lipinski definition) is 6. The second kappa shape index (κ2) is 6.12. The number of rotatable bonds is 4. The summed E-state index contributed by atoms with van der Waals surface area (Å²) in [5, 5.41) is 5.05. The minimum Gasteiger partial charge on any atom is -0.381 e. The highest BCUT2D eigenvalue weighted by Crippen LogP contribution is 2.33. The summed E-state index contributed by atoms with van der Waals surface area (Å²) >= 11 is 0. The molecule has 0 aromatic heterocycles. The molecule has 0 bridgehead atoms. The number of halogens is 1. The van der Waals surface area contributed by atoms with Crippen molar-refractivity contribution in [1.29, 1.82) is 0 Å². The summed E-state index contributed by atoms with van der Waals surface area (Å²) in [6.07, 6.45) is 2.79. The fourth-order valence-electron chi connectivity index (χ4n) is 3.70. The molecule has 9 heteroatoms. The second-order valence-corrected chi connectivity index (χ2v) is 7.39. The van der Waals surface area contributed by atoms with Crippen molar-refractivity contribution >= 4 is 29.3 Å². The van der Waals surface area contributed by atoms with E-state index < -0.39 is 35.5 Å². The van der Waals surface area contributed by atoms with Crippen molar-refractivity contribution in [3.63, 3.8) is 0 Å². The number of benzene rings is 1. The van der Waals surface area contributed by atoms with Gasteiger partial charge in [0.1, 0.15) is 11.9 Å². The molecule has 0 spiro atoms. The van der Waals surface area contributed by atoms with Crippen LogP contribution in [0.2, 0.25) is 0 Å². The van der Waals surface area contributed by atoms with Crippen LogP contribution < -0.4 is 16.4 Å². The van der Waals surface area contributed by atoms with Gasteiger partial charge in [0, 0.05) is 18.5 Å². The maximum absolute atomic E-state index is 14.4. The van der Waals surface area contributed by atoms with Crippen LogP contribution in [-0.4, -0.2) is 46.7 Å². The van der Waals surface area contributed by atoms with Gasteiger partial charge in [-0.15, -0.1) is 0 Å². The zero-order chi connectivity index (χ0) is 19.3. The number of nitrogens with zero attached hydrogens (tertiary/aromatic N) is 1. The Balaban J connectivity index is 1.59. The lowest BCUT2D eigenvalue weighted by molar-refractivity contribution is -0.136. The van der Waals surface area contributed by atoms with Gasteiger partial charge in [-0.1, -0.05) is 0 Å². The number of carbonyl (C=O) groups excluding carboxylic acids is 4. The normalized spacial score (nSPS) is 23.8. The first-order chi connectivity index (χ1) is 12.8. The number of carbonyl (C=O) groups is 4. The molecule has 4 amide bonds. The summed E-state index contributed by atoms with van der Waals surface area (Å²) in [5.74, 6) is -3.21. The van der Waals surface area contributed by atoms with E-state index in [0.717, 1.165) is 30.2 Å². The largest absolute Gasteiger partial charge is 0.381 e. The zero-order valence-corrected chi connectivity index (χ0v) is 14.5. The Kier molecular flexibility index (Phi) is 3.99. The molecule has 8 nitrogen and oxygen atoms in total. The Hall–Kier alpha value is -2.81. The average molecular weight is 374 g/mol. The molecule has 1 aliphatic carbocycles. The number of anilines is 1. The summed E-state index contributed by atoms with van der Waals surface area (Å²) in [5.41, 5.74) is 5.78. The predicted molar refractivity (Wildman–Crippen MR) is 92.3 cm³/mol. The van der Waals surface area contributed by atoms with Gasteiger partial charge in [-0.2, -0.15) is 0 Å². The van der Waals surface area contributed by atoms with Crippen molar-refractivity contribution < 1.29 is 23.6 Å². The van der Waals surface area contributed by atoms with E-state index in [4.69, 9.17) is 5.73 Å². The number of amides is 4. The lowest BCUT2D eigenvalue weighted by Crippen LogP contribution is -2.54. The van der Waals surface area contributed by atoms with Crippen LogP contribution in [0.1, 0.15) is 52.8 Å². The fourth-order valence-corrected chi connectivity index (χ4v) is 3.70. The first-order valence-corrected chi connectivity index (χ1v) is 8.87. The van der Waals surface area contributed by atoms with E-state index in [1.807, 2.05) is 0 Å². The molecule has 2 fully saturated rings. The van der Waals surface area contributed by atoms with Crippen molar-refractivity contribution in [1.82, 2.24) is 10.2 Å². The van der Waals surface area contributed by atoms with Gasteiger partial charge in [-0.05, 0) is 37.8 Å². The predicted octanol–water partition coefficient (Wildman–Crippen LogP) is 0.520. The highest BCUT2D eigenvalue weighted by Gasteiger charge is 2.45. The Morgan fingerprint density at radius 3 is 2.44 bits per heavy atom. The van der Waals surface area contributed by atoms with Gasteiger partial charge in [0.05, 0.1) is 16.8 Å². The molecule has 4 N–H and O–H groups in total. The van der Waals surface area contributed by atoms with Crippen molar-refractivity contribution in [2.24, 2.45) is 5.73 Å². The van der Waals surface area contributed by atoms with Crippen LogP contribution in [0.3, 0.4) is 0 Å². The van der Waals surface area contributed by atoms with Gasteiger partial charge in [-0.25, -0.2) is 4.39 Å². The Morgan fingerprint density at radius 1 is 1.19 bits per heavy atom. The summed E-state index contributed by atoms with van der Waals surface area (Å²) in [7, 11) is 0. The van der Waals surface area contributed by atoms with Gasteiger partial charge in [0.25, 0.3) is 11.8 Å². The van der Waals surface area contributed by atoms with Gasteiger partial charge in [0.15, 0.2) is 0 Å². The first-order valence-electron chi connectivity index (χ1n) is 8.87. The van der Waals surface area contributed by atoms with E-state index in [-0.39, 0.29) is 35.2 Å². The van der Waals surface area contributed by atoms with E-state index in [2.05, 4.69) is 10.6 Å². The topological polar surface area (TPSA) is 122 Å². The van der Waals surface area contributed by atoms with E-state index >= 15 is 0 Å². The first kappa shape index (κ1) is 17.6. The highest BCUT2D eigenvalue weighted by molar-refractivity contribution is 6.23. The van der Waals surface area contributed by atoms with Crippen molar-refractivity contribution in [3.8, 4) is 0 Å². The monoisotopic (exact) mass is 374 g/mol. The van der Waals surface area contributed by atoms with Crippen LogP contribution in [0, 0.1) is 5.82 Å². The summed E-state index contributed by atoms with van der Waals surface area (Å²) < 4.78 is 14.4. The van der Waals surface area contributed by atoms with Crippen molar-refractivity contribution in [2.75, 3.05) is 11.9 Å². The lowest BCUT2D eigenvalue weighted by Gasteiger charge is -2.38. The molecular weight excluding hydrogens is 355 g/mol. The zero-order valence-electron chi connectivity index (χ0n) is 14.5. The SMILES string of the molecule is NC1(CNc2cc3c(cc2F)C(=O)N(C2CCC(=O)NC2=O)C3=O)CCC1. The molecular formula is C18H19FN4O4. The third kappa shape index (κ3) is 2.87. The minimum atomic E-state index is -1.07. The Morgan fingerprint density at radius 2 is 1.85 bits per heavy atom. The molecule has 142 valence electrons. The fraction of sp³-hybridized carbons (Fsp3) is 0.444. The number of piperidine rings is 1. The minimum absolute atomic E-state index is 0.0313. The molecule has 0 radical (unpaired) electrons. The van der Waals surface area contributed by atoms with Crippen LogP contribution in [0.25, 0.3) is 0 Å². The molecule has 1 saturated carbocycles. The molecule has 2 heterocycles. The van der Waals surface area contributed by atoms with E-state index in [1.165, 1.54) is 6.07 Å². The maximum atomic E-state index is 14.4. The molecule has 1 unspecified atom stereocenters. The van der Waals surface area contributed by atoms with Crippen molar-refractivity contribution in [3.05, 3.63) is 29.1 Å². The maximum Gasteiger partial charge on any atom is 0.262 e. The van der Waals surface area contributed by atoms with Crippen LogP contribution in [0.5, 0.6) is 0 Å². The van der Waals surface area contributed by atoms with Gasteiger partial charge >= 0.3 is 0 Å². The third-order valence-electron chi connectivity index (χ3n) is 5.51. The number of imide groups is 2. The second-order valence-electron chi connectivity index (χ2n) is 7.39. The highest BCUT2D eigenvalue weighted by atomic mass is 19.1. The van der Waals surface area contributed by atoms with Gasteiger partial charge < -0.3 is 11.1 Å². The molecule has 1 aromatic carbocycles. The molecule has 3 aliphatic rings. The molecule has 1 aromatic rings. The van der Waals surface area contributed by atoms with Crippen LogP contribution in [-0.2, 0) is 9.59 Å². The van der Waals surface area contributed by atoms with Crippen LogP contribution in [0.4, 0.5) is 10.1 Å². The van der Waals surface area contributed by atoms with E-state index in [9.17, 15) is 23.6 Å². The smallest absolute Gasteiger partial charge is 0.262 e. The number of nitrogens with two attached hydrogens (primary N) is 1. The number of fused-ring (bicyclic) bond motifs is 1. The average Bonchev–Trinajstić information content (AvgIpc) is 2.82. The molecule has 27 heavy (non-hydrogen) atoms. The third-order valence-corrected chi connectivity index (χ3v) is 5.51. The van der Waals surface area contributed by atoms with E-state index in [0.29, 0.717) is 6.54 Å². The van der Waals surface area contributed by atoms with Crippen LogP contribution >= 0.6 is 0 Å². The summed E-state index contributed by atoms with van der Waals surface area (Å²) in [4.78, 5) is 49.5.